The number of nitrogens with zero attached hydrogens (tertiary/aromatic N) is 5. The van der Waals surface area contributed by atoms with Crippen molar-refractivity contribution in [2.45, 2.75) is 25.4 Å². The molecule has 2 aromatic carbocycles. The predicted molar refractivity (Wildman–Crippen MR) is 143 cm³/mol. The van der Waals surface area contributed by atoms with Crippen molar-refractivity contribution in [1.29, 1.82) is 5.26 Å². The summed E-state index contributed by atoms with van der Waals surface area (Å²) in [5, 5.41) is 10.7. The quantitative estimate of drug-likeness (QED) is 0.252. The molecule has 0 atom stereocenters. The summed E-state index contributed by atoms with van der Waals surface area (Å²) in [4.78, 5) is 15.1. The average molecular weight is 555 g/mol. The van der Waals surface area contributed by atoms with E-state index in [1.165, 1.54) is 5.56 Å². The summed E-state index contributed by atoms with van der Waals surface area (Å²) >= 11 is 6.50. The number of aromatic amines is 1. The highest BCUT2D eigenvalue weighted by molar-refractivity contribution is 6.33. The van der Waals surface area contributed by atoms with Gasteiger partial charge in [-0.25, -0.2) is 4.98 Å². The monoisotopic (exact) mass is 554 g/mol. The van der Waals surface area contributed by atoms with Gasteiger partial charge in [0.25, 0.3) is 0 Å². The fourth-order valence-corrected chi connectivity index (χ4v) is 5.07. The maximum absolute atomic E-state index is 12.9. The van der Waals surface area contributed by atoms with Gasteiger partial charge in [-0.2, -0.15) is 23.4 Å². The molecule has 7 nitrogen and oxygen atoms in total. The van der Waals surface area contributed by atoms with Crippen molar-refractivity contribution in [3.8, 4) is 17.8 Å². The van der Waals surface area contributed by atoms with Crippen molar-refractivity contribution in [1.82, 2.24) is 19.9 Å². The van der Waals surface area contributed by atoms with Crippen LogP contribution in [0.5, 0.6) is 11.8 Å². The molecule has 4 aromatic rings. The van der Waals surface area contributed by atoms with Gasteiger partial charge in [-0.15, -0.1) is 0 Å². The molecule has 1 aliphatic heterocycles. The highest BCUT2D eigenvalue weighted by Gasteiger charge is 2.33. The molecule has 0 unspecified atom stereocenters. The van der Waals surface area contributed by atoms with Gasteiger partial charge in [0.15, 0.2) is 5.69 Å². The highest BCUT2D eigenvalue weighted by Crippen LogP contribution is 2.33. The van der Waals surface area contributed by atoms with Crippen molar-refractivity contribution in [3.05, 3.63) is 76.7 Å². The topological polar surface area (TPSA) is 81.1 Å². The molecule has 11 heteroatoms. The number of fused-ring (bicyclic) bond motifs is 1. The van der Waals surface area contributed by atoms with E-state index in [1.807, 2.05) is 24.4 Å². The van der Waals surface area contributed by atoms with Gasteiger partial charge < -0.3 is 14.6 Å². The molecule has 0 radical (unpaired) electrons. The summed E-state index contributed by atoms with van der Waals surface area (Å²) in [6.45, 7) is 4.46. The van der Waals surface area contributed by atoms with Gasteiger partial charge in [-0.1, -0.05) is 11.6 Å². The van der Waals surface area contributed by atoms with Crippen LogP contribution < -0.4 is 9.64 Å². The van der Waals surface area contributed by atoms with Gasteiger partial charge in [-0.3, -0.25) is 4.90 Å². The fraction of sp³-hybridized carbons (Fsp3) is 0.321. The molecule has 202 valence electrons. The lowest BCUT2D eigenvalue weighted by atomic mass is 10.1. The maximum atomic E-state index is 12.9. The molecule has 1 fully saturated rings. The summed E-state index contributed by atoms with van der Waals surface area (Å²) < 4.78 is 44.1. The largest absolute Gasteiger partial charge is 0.433 e. The minimum absolute atomic E-state index is 0.265. The number of anilines is 1. The van der Waals surface area contributed by atoms with Crippen LogP contribution in [0.25, 0.3) is 10.9 Å². The Morgan fingerprint density at radius 2 is 1.87 bits per heavy atom. The van der Waals surface area contributed by atoms with Crippen LogP contribution in [0.4, 0.5) is 18.9 Å². The Balaban J connectivity index is 1.09. The molecule has 1 saturated heterocycles. The second kappa shape index (κ2) is 11.5. The molecule has 0 aliphatic carbocycles. The first-order valence-electron chi connectivity index (χ1n) is 12.7. The molecule has 3 heterocycles. The van der Waals surface area contributed by atoms with Crippen molar-refractivity contribution < 1.29 is 17.9 Å². The minimum Gasteiger partial charge on any atom is -0.424 e. The predicted octanol–water partition coefficient (Wildman–Crippen LogP) is 6.44. The Hall–Kier alpha value is -3.81. The van der Waals surface area contributed by atoms with E-state index < -0.39 is 11.9 Å². The molecule has 1 N–H and O–H groups in total. The second-order valence-electron chi connectivity index (χ2n) is 9.41. The zero-order chi connectivity index (χ0) is 27.4. The summed E-state index contributed by atoms with van der Waals surface area (Å²) in [5.41, 5.74) is 2.76. The van der Waals surface area contributed by atoms with E-state index in [2.05, 4.69) is 30.8 Å². The van der Waals surface area contributed by atoms with Crippen molar-refractivity contribution in [2.24, 2.45) is 0 Å². The molecular formula is C28H26ClF3N6O. The number of alkyl halides is 3. The SMILES string of the molecule is N#Cc1ccc2[nH]cc(CCCCN3CCN(c4ccc(Oc5nccc(C(F)(F)F)n5)cc4Cl)CC3)c2c1. The van der Waals surface area contributed by atoms with Crippen LogP contribution in [-0.4, -0.2) is 52.6 Å². The number of halogens is 4. The zero-order valence-corrected chi connectivity index (χ0v) is 21.8. The Bertz CT molecular complexity index is 1490. The van der Waals surface area contributed by atoms with E-state index in [9.17, 15) is 13.2 Å². The summed E-state index contributed by atoms with van der Waals surface area (Å²) in [7, 11) is 0. The van der Waals surface area contributed by atoms with Crippen molar-refractivity contribution in [3.63, 3.8) is 0 Å². The van der Waals surface area contributed by atoms with Gasteiger partial charge in [0, 0.05) is 55.5 Å². The molecule has 0 bridgehead atoms. The molecular weight excluding hydrogens is 529 g/mol. The lowest BCUT2D eigenvalue weighted by Gasteiger charge is -2.36. The van der Waals surface area contributed by atoms with Gasteiger partial charge in [0.05, 0.1) is 22.3 Å². The average Bonchev–Trinajstić information content (AvgIpc) is 3.33. The lowest BCUT2D eigenvalue weighted by molar-refractivity contribution is -0.141. The Labute approximate surface area is 228 Å². The number of aryl methyl sites for hydroxylation is 1. The molecule has 39 heavy (non-hydrogen) atoms. The minimum atomic E-state index is -4.58. The third-order valence-electron chi connectivity index (χ3n) is 6.83. The summed E-state index contributed by atoms with van der Waals surface area (Å²) in [5.74, 6) is 0.265. The molecule has 0 saturated carbocycles. The van der Waals surface area contributed by atoms with Gasteiger partial charge >= 0.3 is 12.2 Å². The molecule has 5 rings (SSSR count). The fourth-order valence-electron chi connectivity index (χ4n) is 4.78. The van der Waals surface area contributed by atoms with Gasteiger partial charge in [0.2, 0.25) is 0 Å². The van der Waals surface area contributed by atoms with E-state index >= 15 is 0 Å². The standard InChI is InChI=1S/C28H26ClF3N6O/c29-23-16-21(39-27-34-9-8-26(36-27)28(30,31)32)5-7-25(23)38-13-11-37(12-14-38)10-2-1-3-20-18-35-24-6-4-19(17-33)15-22(20)24/h4-9,15-16,18,35H,1-3,10-14H2. The number of rotatable bonds is 8. The molecule has 0 amide bonds. The third-order valence-corrected chi connectivity index (χ3v) is 7.13. The molecule has 0 spiro atoms. The van der Waals surface area contributed by atoms with Crippen molar-refractivity contribution >= 4 is 28.2 Å². The smallest absolute Gasteiger partial charge is 0.424 e. The molecule has 1 aliphatic rings. The Morgan fingerprint density at radius 1 is 1.05 bits per heavy atom. The molecule has 2 aromatic heterocycles. The number of hydrogen-bond donors (Lipinski definition) is 1. The van der Waals surface area contributed by atoms with E-state index in [1.54, 1.807) is 18.2 Å². The number of ether oxygens (including phenoxy) is 1. The van der Waals surface area contributed by atoms with Crippen LogP contribution >= 0.6 is 11.6 Å². The number of H-pyrrole nitrogens is 1. The van der Waals surface area contributed by atoms with E-state index in [0.717, 1.165) is 80.8 Å². The zero-order valence-electron chi connectivity index (χ0n) is 21.0. The number of aromatic nitrogens is 3. The number of unbranched alkanes of at least 4 members (excludes halogenated alkanes) is 1. The van der Waals surface area contributed by atoms with Crippen LogP contribution in [0.15, 0.2) is 54.9 Å². The van der Waals surface area contributed by atoms with E-state index in [0.29, 0.717) is 10.6 Å². The van der Waals surface area contributed by atoms with Gasteiger partial charge in [-0.05, 0) is 67.8 Å². The number of piperazine rings is 1. The number of benzene rings is 2. The van der Waals surface area contributed by atoms with Crippen LogP contribution in [0, 0.1) is 11.3 Å². The number of hydrogen-bond acceptors (Lipinski definition) is 6. The first-order chi connectivity index (χ1) is 18.8. The third kappa shape index (κ3) is 6.44. The van der Waals surface area contributed by atoms with E-state index in [-0.39, 0.29) is 11.8 Å². The van der Waals surface area contributed by atoms with Crippen LogP contribution in [0.1, 0.15) is 29.7 Å². The second-order valence-corrected chi connectivity index (χ2v) is 9.82. The highest BCUT2D eigenvalue weighted by atomic mass is 35.5. The summed E-state index contributed by atoms with van der Waals surface area (Å²) in [6.07, 6.45) is 1.57. The maximum Gasteiger partial charge on any atom is 0.433 e. The first kappa shape index (κ1) is 26.8. The van der Waals surface area contributed by atoms with Crippen LogP contribution in [0.2, 0.25) is 5.02 Å². The Kier molecular flexibility index (Phi) is 7.91. The van der Waals surface area contributed by atoms with Crippen LogP contribution in [-0.2, 0) is 12.6 Å². The van der Waals surface area contributed by atoms with Crippen molar-refractivity contribution in [2.75, 3.05) is 37.6 Å². The van der Waals surface area contributed by atoms with E-state index in [4.69, 9.17) is 21.6 Å². The Morgan fingerprint density at radius 3 is 2.62 bits per heavy atom. The summed E-state index contributed by atoms with van der Waals surface area (Å²) in [6, 6.07) is 13.4. The first-order valence-corrected chi connectivity index (χ1v) is 13.0. The normalized spacial score (nSPS) is 14.5. The number of nitriles is 1. The number of nitrogens with one attached hydrogen (secondary N) is 1. The van der Waals surface area contributed by atoms with Crippen LogP contribution in [0.3, 0.4) is 0 Å². The van der Waals surface area contributed by atoms with Gasteiger partial charge in [0.1, 0.15) is 5.75 Å². The lowest BCUT2D eigenvalue weighted by Crippen LogP contribution is -2.46.